The molecule has 0 fully saturated rings. The van der Waals surface area contributed by atoms with Crippen LogP contribution in [0.5, 0.6) is 5.75 Å². The zero-order valence-electron chi connectivity index (χ0n) is 12.2. The van der Waals surface area contributed by atoms with Crippen LogP contribution in [-0.2, 0) is 0 Å². The summed E-state index contributed by atoms with van der Waals surface area (Å²) in [6.45, 7) is 3.91. The van der Waals surface area contributed by atoms with E-state index in [0.717, 1.165) is 16.8 Å². The van der Waals surface area contributed by atoms with Crippen molar-refractivity contribution >= 4 is 29.0 Å². The Labute approximate surface area is 129 Å². The molecule has 2 aromatic rings. The van der Waals surface area contributed by atoms with Gasteiger partial charge in [-0.25, -0.2) is 4.79 Å². The zero-order valence-corrected chi connectivity index (χ0v) is 12.9. The molecule has 0 aromatic heterocycles. The zero-order chi connectivity index (χ0) is 15.4. The highest BCUT2D eigenvalue weighted by atomic mass is 35.5. The van der Waals surface area contributed by atoms with Crippen LogP contribution in [0, 0.1) is 13.8 Å². The van der Waals surface area contributed by atoms with Gasteiger partial charge >= 0.3 is 6.03 Å². The van der Waals surface area contributed by atoms with E-state index >= 15 is 0 Å². The number of aryl methyl sites for hydroxylation is 2. The minimum atomic E-state index is -0.343. The first-order valence-electron chi connectivity index (χ1n) is 6.48. The third kappa shape index (κ3) is 3.89. The number of benzene rings is 2. The molecule has 0 radical (unpaired) electrons. The molecule has 110 valence electrons. The van der Waals surface area contributed by atoms with Gasteiger partial charge in [0.1, 0.15) is 5.75 Å². The number of methoxy groups -OCH3 is 1. The highest BCUT2D eigenvalue weighted by Gasteiger charge is 2.09. The summed E-state index contributed by atoms with van der Waals surface area (Å²) < 4.78 is 5.19. The van der Waals surface area contributed by atoms with Gasteiger partial charge in [-0.3, -0.25) is 0 Å². The van der Waals surface area contributed by atoms with Gasteiger partial charge in [-0.2, -0.15) is 0 Å². The molecule has 0 bridgehead atoms. The molecule has 5 heteroatoms. The third-order valence-corrected chi connectivity index (χ3v) is 3.29. The number of urea groups is 1. The van der Waals surface area contributed by atoms with Crippen LogP contribution in [0.2, 0.25) is 5.02 Å². The highest BCUT2D eigenvalue weighted by molar-refractivity contribution is 6.31. The Hall–Kier alpha value is -2.20. The summed E-state index contributed by atoms with van der Waals surface area (Å²) in [6.07, 6.45) is 0. The van der Waals surface area contributed by atoms with Gasteiger partial charge in [-0.05, 0) is 49.2 Å². The predicted molar refractivity (Wildman–Crippen MR) is 86.6 cm³/mol. The van der Waals surface area contributed by atoms with E-state index in [1.165, 1.54) is 7.11 Å². The number of carbonyl (C=O) groups is 1. The summed E-state index contributed by atoms with van der Waals surface area (Å²) in [7, 11) is 1.54. The Morgan fingerprint density at radius 3 is 2.48 bits per heavy atom. The normalized spacial score (nSPS) is 10.1. The number of carbonyl (C=O) groups excluding carboxylic acids is 1. The number of halogens is 1. The summed E-state index contributed by atoms with van der Waals surface area (Å²) in [5.74, 6) is 0.551. The van der Waals surface area contributed by atoms with Crippen molar-refractivity contribution in [3.63, 3.8) is 0 Å². The molecule has 2 rings (SSSR count). The maximum Gasteiger partial charge on any atom is 0.323 e. The van der Waals surface area contributed by atoms with Crippen molar-refractivity contribution in [3.8, 4) is 5.75 Å². The molecule has 21 heavy (non-hydrogen) atoms. The second-order valence-corrected chi connectivity index (χ2v) is 5.18. The first-order valence-corrected chi connectivity index (χ1v) is 6.86. The first kappa shape index (κ1) is 15.2. The minimum Gasteiger partial charge on any atom is -0.495 e. The van der Waals surface area contributed by atoms with E-state index in [1.807, 2.05) is 32.0 Å². The van der Waals surface area contributed by atoms with Gasteiger partial charge in [0.2, 0.25) is 0 Å². The fraction of sp³-hybridized carbons (Fsp3) is 0.188. The number of anilines is 2. The summed E-state index contributed by atoms with van der Waals surface area (Å²) in [4.78, 5) is 12.1. The average Bonchev–Trinajstić information content (AvgIpc) is 2.43. The molecule has 0 aliphatic heterocycles. The van der Waals surface area contributed by atoms with Crippen LogP contribution in [0.1, 0.15) is 11.1 Å². The summed E-state index contributed by atoms with van der Waals surface area (Å²) in [5, 5.41) is 6.09. The van der Waals surface area contributed by atoms with Crippen molar-refractivity contribution in [3.05, 3.63) is 52.5 Å². The van der Waals surface area contributed by atoms with Gasteiger partial charge in [-0.15, -0.1) is 0 Å². The Kier molecular flexibility index (Phi) is 4.70. The van der Waals surface area contributed by atoms with Crippen LogP contribution in [0.4, 0.5) is 16.2 Å². The van der Waals surface area contributed by atoms with Crippen LogP contribution in [0.3, 0.4) is 0 Å². The lowest BCUT2D eigenvalue weighted by atomic mass is 10.1. The lowest BCUT2D eigenvalue weighted by Crippen LogP contribution is -2.20. The highest BCUT2D eigenvalue weighted by Crippen LogP contribution is 2.28. The van der Waals surface area contributed by atoms with Crippen molar-refractivity contribution in [2.75, 3.05) is 17.7 Å². The van der Waals surface area contributed by atoms with Crippen molar-refractivity contribution in [1.29, 1.82) is 0 Å². The maximum atomic E-state index is 12.1. The van der Waals surface area contributed by atoms with Gasteiger partial charge in [0.25, 0.3) is 0 Å². The molecule has 0 aliphatic carbocycles. The summed E-state index contributed by atoms with van der Waals surface area (Å²) in [6, 6.07) is 10.6. The third-order valence-electron chi connectivity index (χ3n) is 3.05. The monoisotopic (exact) mass is 304 g/mol. The summed E-state index contributed by atoms with van der Waals surface area (Å²) in [5.41, 5.74) is 3.37. The van der Waals surface area contributed by atoms with E-state index in [-0.39, 0.29) is 6.03 Å². The van der Waals surface area contributed by atoms with Crippen LogP contribution in [0.15, 0.2) is 36.4 Å². The van der Waals surface area contributed by atoms with E-state index in [9.17, 15) is 4.79 Å². The molecule has 2 amide bonds. The predicted octanol–water partition coefficient (Wildman–Crippen LogP) is 4.61. The van der Waals surface area contributed by atoms with Gasteiger partial charge < -0.3 is 15.4 Å². The number of hydrogen-bond donors (Lipinski definition) is 2. The van der Waals surface area contributed by atoms with Crippen LogP contribution < -0.4 is 15.4 Å². The van der Waals surface area contributed by atoms with E-state index in [1.54, 1.807) is 18.2 Å². The van der Waals surface area contributed by atoms with E-state index in [2.05, 4.69) is 10.6 Å². The molecule has 0 spiro atoms. The standard InChI is InChI=1S/C16H17ClN2O2/c1-10-4-5-11(2)13(8-10)18-16(20)19-14-9-12(17)6-7-15(14)21-3/h4-9H,1-3H3,(H2,18,19,20). The number of nitrogens with one attached hydrogen (secondary N) is 2. The fourth-order valence-electron chi connectivity index (χ4n) is 1.92. The average molecular weight is 305 g/mol. The molecular weight excluding hydrogens is 288 g/mol. The number of ether oxygens (including phenoxy) is 1. The molecule has 2 aromatic carbocycles. The van der Waals surface area contributed by atoms with Crippen molar-refractivity contribution < 1.29 is 9.53 Å². The Bertz CT molecular complexity index is 671. The van der Waals surface area contributed by atoms with Crippen LogP contribution in [0.25, 0.3) is 0 Å². The van der Waals surface area contributed by atoms with Crippen molar-refractivity contribution in [2.45, 2.75) is 13.8 Å². The minimum absolute atomic E-state index is 0.343. The van der Waals surface area contributed by atoms with E-state index < -0.39 is 0 Å². The fourth-order valence-corrected chi connectivity index (χ4v) is 2.10. The van der Waals surface area contributed by atoms with Crippen molar-refractivity contribution in [1.82, 2.24) is 0 Å². The van der Waals surface area contributed by atoms with Gasteiger partial charge in [0, 0.05) is 10.7 Å². The smallest absolute Gasteiger partial charge is 0.323 e. The molecule has 0 heterocycles. The second kappa shape index (κ2) is 6.50. The Balaban J connectivity index is 2.15. The molecule has 0 saturated heterocycles. The quantitative estimate of drug-likeness (QED) is 0.870. The number of hydrogen-bond acceptors (Lipinski definition) is 2. The van der Waals surface area contributed by atoms with E-state index in [4.69, 9.17) is 16.3 Å². The molecule has 0 saturated carbocycles. The molecule has 0 unspecified atom stereocenters. The lowest BCUT2D eigenvalue weighted by Gasteiger charge is -2.13. The Morgan fingerprint density at radius 2 is 1.76 bits per heavy atom. The van der Waals surface area contributed by atoms with Gasteiger partial charge in [0.05, 0.1) is 12.8 Å². The van der Waals surface area contributed by atoms with Crippen LogP contribution in [-0.4, -0.2) is 13.1 Å². The molecular formula is C16H17ClN2O2. The lowest BCUT2D eigenvalue weighted by molar-refractivity contribution is 0.262. The molecule has 4 nitrogen and oxygen atoms in total. The topological polar surface area (TPSA) is 50.4 Å². The van der Waals surface area contributed by atoms with Gasteiger partial charge in [-0.1, -0.05) is 23.7 Å². The Morgan fingerprint density at radius 1 is 1.05 bits per heavy atom. The maximum absolute atomic E-state index is 12.1. The first-order chi connectivity index (χ1) is 9.99. The summed E-state index contributed by atoms with van der Waals surface area (Å²) >= 11 is 5.94. The molecule has 0 atom stereocenters. The van der Waals surface area contributed by atoms with Crippen LogP contribution >= 0.6 is 11.6 Å². The van der Waals surface area contributed by atoms with E-state index in [0.29, 0.717) is 16.5 Å². The van der Waals surface area contributed by atoms with Crippen molar-refractivity contribution in [2.24, 2.45) is 0 Å². The SMILES string of the molecule is COc1ccc(Cl)cc1NC(=O)Nc1cc(C)ccc1C. The number of amides is 2. The second-order valence-electron chi connectivity index (χ2n) is 4.74. The number of rotatable bonds is 3. The molecule has 0 aliphatic rings. The molecule has 2 N–H and O–H groups in total. The largest absolute Gasteiger partial charge is 0.495 e. The van der Waals surface area contributed by atoms with Gasteiger partial charge in [0.15, 0.2) is 0 Å².